The molecule has 0 fully saturated rings. The summed E-state index contributed by atoms with van der Waals surface area (Å²) in [6.45, 7) is 3.77. The van der Waals surface area contributed by atoms with Crippen LogP contribution in [-0.4, -0.2) is 20.3 Å². The maximum Gasteiger partial charge on any atom is 0.243 e. The SMILES string of the molecule is CC(C)C(CCl)NS(=O)(=O)c1cc(Cl)sc1Cl. The van der Waals surface area contributed by atoms with Crippen LogP contribution < -0.4 is 4.72 Å². The summed E-state index contributed by atoms with van der Waals surface area (Å²) in [7, 11) is -3.67. The Hall–Kier alpha value is 0.480. The molecular formula is C9H12Cl3NO2S2. The first-order chi connectivity index (χ1) is 7.77. The Bertz CT molecular complexity index is 484. The summed E-state index contributed by atoms with van der Waals surface area (Å²) in [5.74, 6) is 0.294. The summed E-state index contributed by atoms with van der Waals surface area (Å²) in [5, 5.41) is 0. The van der Waals surface area contributed by atoms with Gasteiger partial charge >= 0.3 is 0 Å². The minimum Gasteiger partial charge on any atom is -0.207 e. The zero-order valence-electron chi connectivity index (χ0n) is 9.21. The Morgan fingerprint density at radius 1 is 1.41 bits per heavy atom. The quantitative estimate of drug-likeness (QED) is 0.835. The number of sulfonamides is 1. The molecule has 0 aliphatic heterocycles. The largest absolute Gasteiger partial charge is 0.243 e. The molecule has 0 spiro atoms. The van der Waals surface area contributed by atoms with Gasteiger partial charge in [-0.25, -0.2) is 13.1 Å². The molecule has 1 N–H and O–H groups in total. The van der Waals surface area contributed by atoms with Crippen molar-refractivity contribution in [1.29, 1.82) is 0 Å². The third-order valence-corrected chi connectivity index (χ3v) is 5.77. The van der Waals surface area contributed by atoms with Crippen LogP contribution in [0.4, 0.5) is 0 Å². The number of halogens is 3. The summed E-state index contributed by atoms with van der Waals surface area (Å²) < 4.78 is 27.1. The van der Waals surface area contributed by atoms with Crippen LogP contribution in [0.5, 0.6) is 0 Å². The summed E-state index contributed by atoms with van der Waals surface area (Å²) in [6, 6.07) is 0.999. The molecule has 3 nitrogen and oxygen atoms in total. The molecule has 0 radical (unpaired) electrons. The van der Waals surface area contributed by atoms with Gasteiger partial charge in [-0.1, -0.05) is 37.0 Å². The highest BCUT2D eigenvalue weighted by Crippen LogP contribution is 2.34. The van der Waals surface area contributed by atoms with Crippen molar-refractivity contribution < 1.29 is 8.42 Å². The van der Waals surface area contributed by atoms with Gasteiger partial charge in [-0.2, -0.15) is 0 Å². The minimum absolute atomic E-state index is 0.00457. The monoisotopic (exact) mass is 335 g/mol. The molecule has 8 heteroatoms. The molecule has 1 unspecified atom stereocenters. The third kappa shape index (κ3) is 3.98. The molecular weight excluding hydrogens is 325 g/mol. The number of nitrogens with one attached hydrogen (secondary N) is 1. The number of hydrogen-bond donors (Lipinski definition) is 1. The molecule has 0 bridgehead atoms. The van der Waals surface area contributed by atoms with Crippen LogP contribution in [0, 0.1) is 5.92 Å². The van der Waals surface area contributed by atoms with E-state index in [2.05, 4.69) is 4.72 Å². The highest BCUT2D eigenvalue weighted by Gasteiger charge is 2.25. The van der Waals surface area contributed by atoms with Gasteiger partial charge in [0.25, 0.3) is 0 Å². The number of hydrogen-bond acceptors (Lipinski definition) is 3. The molecule has 0 saturated carbocycles. The fraction of sp³-hybridized carbons (Fsp3) is 0.556. The van der Waals surface area contributed by atoms with Gasteiger partial charge in [-0.15, -0.1) is 22.9 Å². The molecule has 17 heavy (non-hydrogen) atoms. The highest BCUT2D eigenvalue weighted by atomic mass is 35.5. The highest BCUT2D eigenvalue weighted by molar-refractivity contribution is 7.89. The standard InChI is InChI=1S/C9H12Cl3NO2S2/c1-5(2)6(4-10)13-17(14,15)7-3-8(11)16-9(7)12/h3,5-6,13H,4H2,1-2H3. The summed E-state index contributed by atoms with van der Waals surface area (Å²) >= 11 is 18.3. The van der Waals surface area contributed by atoms with Crippen molar-refractivity contribution in [2.75, 3.05) is 5.88 Å². The van der Waals surface area contributed by atoms with E-state index >= 15 is 0 Å². The van der Waals surface area contributed by atoms with Gasteiger partial charge < -0.3 is 0 Å². The lowest BCUT2D eigenvalue weighted by Gasteiger charge is -2.19. The van der Waals surface area contributed by atoms with Gasteiger partial charge in [0.15, 0.2) is 0 Å². The lowest BCUT2D eigenvalue weighted by Crippen LogP contribution is -2.39. The Morgan fingerprint density at radius 2 is 2.00 bits per heavy atom. The second kappa shape index (κ2) is 6.08. The van der Waals surface area contributed by atoms with Gasteiger partial charge in [0.1, 0.15) is 9.23 Å². The van der Waals surface area contributed by atoms with Crippen molar-refractivity contribution in [3.8, 4) is 0 Å². The average molecular weight is 337 g/mol. The Morgan fingerprint density at radius 3 is 2.35 bits per heavy atom. The van der Waals surface area contributed by atoms with E-state index in [0.717, 1.165) is 11.3 Å². The normalized spacial score (nSPS) is 14.2. The fourth-order valence-corrected chi connectivity index (χ4v) is 5.18. The average Bonchev–Trinajstić information content (AvgIpc) is 2.54. The third-order valence-electron chi connectivity index (χ3n) is 2.19. The molecule has 1 aromatic heterocycles. The van der Waals surface area contributed by atoms with E-state index in [4.69, 9.17) is 34.8 Å². The first-order valence-corrected chi connectivity index (χ1v) is 8.40. The molecule has 0 aliphatic rings. The Labute approximate surface area is 120 Å². The van der Waals surface area contributed by atoms with Crippen molar-refractivity contribution >= 4 is 56.2 Å². The molecule has 0 aliphatic carbocycles. The number of rotatable bonds is 5. The predicted octanol–water partition coefficient (Wildman–Crippen LogP) is 3.60. The van der Waals surface area contributed by atoms with E-state index in [1.54, 1.807) is 0 Å². The van der Waals surface area contributed by atoms with Gasteiger partial charge in [-0.05, 0) is 12.0 Å². The lowest BCUT2D eigenvalue weighted by molar-refractivity contribution is 0.480. The zero-order valence-corrected chi connectivity index (χ0v) is 13.1. The molecule has 1 rings (SSSR count). The number of thiophene rings is 1. The Balaban J connectivity index is 3.00. The van der Waals surface area contributed by atoms with Crippen LogP contribution in [0.15, 0.2) is 11.0 Å². The summed E-state index contributed by atoms with van der Waals surface area (Å²) in [5.41, 5.74) is 0. The van der Waals surface area contributed by atoms with E-state index in [0.29, 0.717) is 4.34 Å². The topological polar surface area (TPSA) is 46.2 Å². The smallest absolute Gasteiger partial charge is 0.207 e. The molecule has 1 heterocycles. The zero-order chi connectivity index (χ0) is 13.2. The van der Waals surface area contributed by atoms with Crippen LogP contribution in [-0.2, 0) is 10.0 Å². The van der Waals surface area contributed by atoms with Crippen LogP contribution in [0.2, 0.25) is 8.67 Å². The molecule has 0 saturated heterocycles. The molecule has 98 valence electrons. The predicted molar refractivity (Wildman–Crippen MR) is 74.0 cm³/mol. The van der Waals surface area contributed by atoms with E-state index in [9.17, 15) is 8.42 Å². The van der Waals surface area contributed by atoms with E-state index < -0.39 is 10.0 Å². The molecule has 0 aromatic carbocycles. The van der Waals surface area contributed by atoms with Gasteiger partial charge in [0.05, 0.1) is 4.34 Å². The maximum atomic E-state index is 12.0. The second-order valence-electron chi connectivity index (χ2n) is 3.81. The Kier molecular flexibility index (Phi) is 5.56. The van der Waals surface area contributed by atoms with Crippen LogP contribution in [0.3, 0.4) is 0 Å². The van der Waals surface area contributed by atoms with Crippen molar-refractivity contribution in [2.45, 2.75) is 24.8 Å². The van der Waals surface area contributed by atoms with Crippen molar-refractivity contribution in [2.24, 2.45) is 5.92 Å². The summed E-state index contributed by atoms with van der Waals surface area (Å²) in [6.07, 6.45) is 0. The van der Waals surface area contributed by atoms with Crippen molar-refractivity contribution in [3.63, 3.8) is 0 Å². The number of alkyl halides is 1. The van der Waals surface area contributed by atoms with Gasteiger partial charge in [0, 0.05) is 11.9 Å². The van der Waals surface area contributed by atoms with E-state index in [-0.39, 0.29) is 27.1 Å². The van der Waals surface area contributed by atoms with Crippen molar-refractivity contribution in [1.82, 2.24) is 4.72 Å². The maximum absolute atomic E-state index is 12.0. The van der Waals surface area contributed by atoms with Crippen LogP contribution in [0.25, 0.3) is 0 Å². The van der Waals surface area contributed by atoms with E-state index in [1.807, 2.05) is 13.8 Å². The second-order valence-corrected chi connectivity index (χ2v) is 8.09. The fourth-order valence-electron chi connectivity index (χ4n) is 1.12. The van der Waals surface area contributed by atoms with Crippen LogP contribution >= 0.6 is 46.1 Å². The molecule has 1 aromatic rings. The van der Waals surface area contributed by atoms with Gasteiger partial charge in [-0.3, -0.25) is 0 Å². The van der Waals surface area contributed by atoms with Crippen LogP contribution in [0.1, 0.15) is 13.8 Å². The first-order valence-electron chi connectivity index (χ1n) is 4.81. The molecule has 1 atom stereocenters. The minimum atomic E-state index is -3.67. The lowest BCUT2D eigenvalue weighted by atomic mass is 10.1. The van der Waals surface area contributed by atoms with E-state index in [1.165, 1.54) is 6.07 Å². The van der Waals surface area contributed by atoms with Crippen molar-refractivity contribution in [3.05, 3.63) is 14.7 Å². The van der Waals surface area contributed by atoms with Gasteiger partial charge in [0.2, 0.25) is 10.0 Å². The molecule has 0 amide bonds. The summed E-state index contributed by atoms with van der Waals surface area (Å²) in [4.78, 5) is 0.00457. The first kappa shape index (κ1) is 15.5.